The molecule has 0 atom stereocenters. The zero-order valence-corrected chi connectivity index (χ0v) is 20.8. The normalized spacial score (nSPS) is 14.2. The summed E-state index contributed by atoms with van der Waals surface area (Å²) in [5.41, 5.74) is 0.945. The summed E-state index contributed by atoms with van der Waals surface area (Å²) in [6.45, 7) is -0.184. The average molecular weight is 559 g/mol. The van der Waals surface area contributed by atoms with Gasteiger partial charge in [-0.15, -0.1) is 0 Å². The highest BCUT2D eigenvalue weighted by Crippen LogP contribution is 2.35. The van der Waals surface area contributed by atoms with Gasteiger partial charge < -0.3 is 23.9 Å². The highest BCUT2D eigenvalue weighted by molar-refractivity contribution is 9.10. The van der Waals surface area contributed by atoms with Crippen molar-refractivity contribution < 1.29 is 37.4 Å². The lowest BCUT2D eigenvalue weighted by Gasteiger charge is -2.13. The van der Waals surface area contributed by atoms with Crippen molar-refractivity contribution in [3.8, 4) is 11.5 Å². The number of hydrogen-bond donors (Lipinski definition) is 1. The van der Waals surface area contributed by atoms with E-state index in [4.69, 9.17) is 13.9 Å². The first-order valence-electron chi connectivity index (χ1n) is 10.6. The Hall–Kier alpha value is -4.12. The largest absolute Gasteiger partial charge is 0.493 e. The maximum absolute atomic E-state index is 13.9. The van der Waals surface area contributed by atoms with Crippen LogP contribution < -0.4 is 14.8 Å². The lowest BCUT2D eigenvalue weighted by atomic mass is 10.1. The number of furan rings is 1. The van der Waals surface area contributed by atoms with E-state index in [1.54, 1.807) is 30.3 Å². The number of hydrogen-bond acceptors (Lipinski definition) is 7. The number of benzene rings is 2. The van der Waals surface area contributed by atoms with E-state index >= 15 is 0 Å². The van der Waals surface area contributed by atoms with Gasteiger partial charge in [-0.3, -0.25) is 9.69 Å². The van der Waals surface area contributed by atoms with Crippen molar-refractivity contribution >= 4 is 39.9 Å². The Bertz CT molecular complexity index is 1370. The molecule has 1 fully saturated rings. The molecule has 1 aliphatic rings. The Kier molecular flexibility index (Phi) is 7.39. The van der Waals surface area contributed by atoms with E-state index < -0.39 is 17.9 Å². The average Bonchev–Trinajstić information content (AvgIpc) is 3.44. The highest BCUT2D eigenvalue weighted by atomic mass is 79.9. The number of halogens is 2. The molecule has 1 saturated heterocycles. The molecule has 0 unspecified atom stereocenters. The fourth-order valence-corrected chi connectivity index (χ4v) is 3.84. The molecular weight excluding hydrogens is 539 g/mol. The van der Waals surface area contributed by atoms with Crippen LogP contribution in [0.25, 0.3) is 6.08 Å². The molecule has 1 aromatic heterocycles. The van der Waals surface area contributed by atoms with Gasteiger partial charge in [0, 0.05) is 10.0 Å². The van der Waals surface area contributed by atoms with E-state index in [-0.39, 0.29) is 36.2 Å². The van der Waals surface area contributed by atoms with Crippen LogP contribution in [-0.2, 0) is 22.7 Å². The van der Waals surface area contributed by atoms with Crippen molar-refractivity contribution in [2.45, 2.75) is 13.2 Å². The molecule has 186 valence electrons. The van der Waals surface area contributed by atoms with Crippen LogP contribution >= 0.6 is 15.9 Å². The predicted molar refractivity (Wildman–Crippen MR) is 129 cm³/mol. The van der Waals surface area contributed by atoms with E-state index in [0.717, 1.165) is 4.90 Å². The molecule has 0 spiro atoms. The Morgan fingerprint density at radius 1 is 1.14 bits per heavy atom. The van der Waals surface area contributed by atoms with Crippen LogP contribution in [0.15, 0.2) is 63.1 Å². The molecule has 0 aliphatic carbocycles. The number of ether oxygens (including phenoxy) is 3. The topological polar surface area (TPSA) is 107 Å². The zero-order chi connectivity index (χ0) is 25.8. The van der Waals surface area contributed by atoms with Crippen LogP contribution in [0.2, 0.25) is 0 Å². The van der Waals surface area contributed by atoms with Crippen molar-refractivity contribution in [1.82, 2.24) is 10.2 Å². The van der Waals surface area contributed by atoms with Gasteiger partial charge in [0.15, 0.2) is 11.5 Å². The second-order valence-electron chi connectivity index (χ2n) is 7.54. The number of esters is 1. The van der Waals surface area contributed by atoms with Crippen LogP contribution in [0.4, 0.5) is 9.18 Å². The zero-order valence-electron chi connectivity index (χ0n) is 19.2. The molecule has 11 heteroatoms. The van der Waals surface area contributed by atoms with Crippen LogP contribution in [0.3, 0.4) is 0 Å². The third-order valence-electron chi connectivity index (χ3n) is 5.25. The smallest absolute Gasteiger partial charge is 0.373 e. The van der Waals surface area contributed by atoms with Crippen molar-refractivity contribution in [3.63, 3.8) is 0 Å². The second-order valence-corrected chi connectivity index (χ2v) is 8.40. The van der Waals surface area contributed by atoms with Gasteiger partial charge >= 0.3 is 12.0 Å². The van der Waals surface area contributed by atoms with Gasteiger partial charge in [0.2, 0.25) is 5.76 Å². The number of carbonyl (C=O) groups is 3. The molecule has 2 heterocycles. The number of imide groups is 1. The summed E-state index contributed by atoms with van der Waals surface area (Å²) >= 11 is 3.43. The lowest BCUT2D eigenvalue weighted by Crippen LogP contribution is -2.30. The first-order valence-corrected chi connectivity index (χ1v) is 11.3. The first-order chi connectivity index (χ1) is 17.3. The number of methoxy groups -OCH3 is 2. The quantitative estimate of drug-likeness (QED) is 0.243. The van der Waals surface area contributed by atoms with Crippen LogP contribution in [-0.4, -0.2) is 37.0 Å². The molecule has 4 rings (SSSR count). The molecule has 0 radical (unpaired) electrons. The summed E-state index contributed by atoms with van der Waals surface area (Å²) in [6, 6.07) is 11.8. The van der Waals surface area contributed by atoms with Gasteiger partial charge in [-0.05, 0) is 42.0 Å². The Morgan fingerprint density at radius 2 is 1.92 bits per heavy atom. The number of nitrogens with zero attached hydrogens (tertiary/aromatic N) is 1. The molecular formula is C25H20BrFN2O7. The van der Waals surface area contributed by atoms with Crippen molar-refractivity contribution in [2.75, 3.05) is 14.2 Å². The third kappa shape index (κ3) is 5.25. The molecule has 0 bridgehead atoms. The molecule has 2 aromatic carbocycles. The number of rotatable bonds is 8. The van der Waals surface area contributed by atoms with Gasteiger partial charge in [0.05, 0.1) is 20.8 Å². The van der Waals surface area contributed by atoms with Gasteiger partial charge in [-0.25, -0.2) is 14.0 Å². The maximum Gasteiger partial charge on any atom is 0.373 e. The summed E-state index contributed by atoms with van der Waals surface area (Å²) in [7, 11) is 2.67. The molecule has 1 N–H and O–H groups in total. The summed E-state index contributed by atoms with van der Waals surface area (Å²) in [5.74, 6) is -0.727. The van der Waals surface area contributed by atoms with Gasteiger partial charge in [0.25, 0.3) is 5.91 Å². The number of amides is 3. The van der Waals surface area contributed by atoms with E-state index in [9.17, 15) is 18.8 Å². The molecule has 36 heavy (non-hydrogen) atoms. The Balaban J connectivity index is 1.52. The van der Waals surface area contributed by atoms with Gasteiger partial charge in [-0.1, -0.05) is 34.1 Å². The molecule has 3 amide bonds. The monoisotopic (exact) mass is 558 g/mol. The molecule has 9 nitrogen and oxygen atoms in total. The molecule has 1 aliphatic heterocycles. The minimum Gasteiger partial charge on any atom is -0.493 e. The lowest BCUT2D eigenvalue weighted by molar-refractivity contribution is -0.123. The van der Waals surface area contributed by atoms with E-state index in [1.165, 1.54) is 38.5 Å². The van der Waals surface area contributed by atoms with E-state index in [1.807, 2.05) is 0 Å². The number of urea groups is 1. The fraction of sp³-hybridized carbons (Fsp3) is 0.160. The Labute approximate surface area is 213 Å². The highest BCUT2D eigenvalue weighted by Gasteiger charge is 2.34. The van der Waals surface area contributed by atoms with Crippen LogP contribution in [0.1, 0.15) is 27.4 Å². The maximum atomic E-state index is 13.9. The summed E-state index contributed by atoms with van der Waals surface area (Å²) in [6.07, 6.45) is 1.48. The van der Waals surface area contributed by atoms with Crippen LogP contribution in [0.5, 0.6) is 11.5 Å². The predicted octanol–water partition coefficient (Wildman–Crippen LogP) is 4.65. The minimum atomic E-state index is -0.667. The second kappa shape index (κ2) is 10.6. The van der Waals surface area contributed by atoms with Crippen molar-refractivity contribution in [3.05, 3.63) is 87.2 Å². The minimum absolute atomic E-state index is 0.0100. The Morgan fingerprint density at radius 3 is 2.64 bits per heavy atom. The first kappa shape index (κ1) is 25.0. The summed E-state index contributed by atoms with van der Waals surface area (Å²) < 4.78 is 35.5. The molecule has 0 saturated carbocycles. The van der Waals surface area contributed by atoms with Crippen molar-refractivity contribution in [2.24, 2.45) is 0 Å². The summed E-state index contributed by atoms with van der Waals surface area (Å²) in [4.78, 5) is 37.8. The van der Waals surface area contributed by atoms with Gasteiger partial charge in [0.1, 0.15) is 23.9 Å². The number of nitrogens with one attached hydrogen (secondary N) is 1. The van der Waals surface area contributed by atoms with Crippen molar-refractivity contribution in [1.29, 1.82) is 0 Å². The standard InChI is InChI=1S/C25H20BrFN2O7/c1-33-21-10-15(17(26)11-22(21)35-13-14-5-3-4-6-18(14)27)9-19-23(30)29(25(32)28-19)12-16-7-8-20(36-16)24(31)34-2/h3-11H,12-13H2,1-2H3,(H,28,32)/b19-9-. The third-order valence-corrected chi connectivity index (χ3v) is 5.94. The van der Waals surface area contributed by atoms with E-state index in [2.05, 4.69) is 26.0 Å². The fourth-order valence-electron chi connectivity index (χ4n) is 3.40. The molecule has 3 aromatic rings. The van der Waals surface area contributed by atoms with Gasteiger partial charge in [-0.2, -0.15) is 0 Å². The van der Waals surface area contributed by atoms with Crippen LogP contribution in [0, 0.1) is 5.82 Å². The summed E-state index contributed by atoms with van der Waals surface area (Å²) in [5, 5.41) is 2.53. The number of carbonyl (C=O) groups excluding carboxylic acids is 3. The SMILES string of the molecule is COC(=O)c1ccc(CN2C(=O)N/C(=C\c3cc(OC)c(OCc4ccccc4F)cc3Br)C2=O)o1. The van der Waals surface area contributed by atoms with E-state index in [0.29, 0.717) is 27.1 Å².